The van der Waals surface area contributed by atoms with Crippen LogP contribution in [0.5, 0.6) is 0 Å². The normalized spacial score (nSPS) is 16.3. The molecule has 3 amide bonds. The van der Waals surface area contributed by atoms with Crippen LogP contribution >= 0.6 is 24.4 Å². The van der Waals surface area contributed by atoms with E-state index in [0.717, 1.165) is 0 Å². The maximum atomic E-state index is 12.7. The molecule has 12 heteroatoms. The van der Waals surface area contributed by atoms with E-state index in [1.165, 1.54) is 18.7 Å². The van der Waals surface area contributed by atoms with E-state index in [4.69, 9.17) is 10.8 Å². The smallest absolute Gasteiger partial charge is 0.327 e. The Balaban J connectivity index is 5.30. The second-order valence-corrected chi connectivity index (χ2v) is 8.27. The second-order valence-electron chi connectivity index (χ2n) is 6.92. The van der Waals surface area contributed by atoms with E-state index in [9.17, 15) is 24.3 Å². The summed E-state index contributed by atoms with van der Waals surface area (Å²) in [6, 6.07) is -4.45. The molecule has 0 fully saturated rings. The van der Waals surface area contributed by atoms with E-state index in [1.54, 1.807) is 13.8 Å². The molecule has 29 heavy (non-hydrogen) atoms. The number of rotatable bonds is 13. The SMILES string of the molecule is CSCCC(NC(=O)C(N)C(C)C)C(=O)NC(C(=O)NC(CS)C(=O)O)C(C)O. The lowest BCUT2D eigenvalue weighted by molar-refractivity contribution is -0.142. The Morgan fingerprint density at radius 1 is 1.00 bits per heavy atom. The summed E-state index contributed by atoms with van der Waals surface area (Å²) >= 11 is 5.33. The summed E-state index contributed by atoms with van der Waals surface area (Å²) in [7, 11) is 0. The van der Waals surface area contributed by atoms with Gasteiger partial charge in [0.2, 0.25) is 17.7 Å². The Bertz CT molecular complexity index is 576. The minimum absolute atomic E-state index is 0.135. The van der Waals surface area contributed by atoms with E-state index in [0.29, 0.717) is 5.75 Å². The molecule has 7 N–H and O–H groups in total. The molecule has 0 rings (SSSR count). The zero-order chi connectivity index (χ0) is 22.7. The summed E-state index contributed by atoms with van der Waals surface area (Å²) in [6.45, 7) is 4.83. The van der Waals surface area contributed by atoms with Gasteiger partial charge in [-0.05, 0) is 31.3 Å². The standard InChI is InChI=1S/C17H32N4O6S2/c1-8(2)12(18)15(24)19-10(5-6-29-4)14(23)21-13(9(3)22)16(25)20-11(7-28)17(26)27/h8-13,22,28H,5-7,18H2,1-4H3,(H,19,24)(H,20,25)(H,21,23)(H,26,27). The number of carboxylic acid groups (broad SMARTS) is 1. The highest BCUT2D eigenvalue weighted by atomic mass is 32.2. The molecule has 0 heterocycles. The van der Waals surface area contributed by atoms with Gasteiger partial charge in [0.25, 0.3) is 0 Å². The van der Waals surface area contributed by atoms with Crippen molar-refractivity contribution in [3.8, 4) is 0 Å². The van der Waals surface area contributed by atoms with Gasteiger partial charge in [-0.25, -0.2) is 4.79 Å². The molecular weight excluding hydrogens is 420 g/mol. The Labute approximate surface area is 180 Å². The molecule has 0 saturated carbocycles. The number of aliphatic hydroxyl groups is 1. The van der Waals surface area contributed by atoms with Gasteiger partial charge < -0.3 is 31.9 Å². The third-order valence-corrected chi connectivity index (χ3v) is 5.13. The van der Waals surface area contributed by atoms with Gasteiger partial charge in [0.15, 0.2) is 0 Å². The summed E-state index contributed by atoms with van der Waals surface area (Å²) in [5, 5.41) is 26.1. The Kier molecular flexibility index (Phi) is 13.0. The zero-order valence-corrected chi connectivity index (χ0v) is 18.8. The maximum absolute atomic E-state index is 12.7. The third-order valence-electron chi connectivity index (χ3n) is 4.12. The lowest BCUT2D eigenvalue weighted by Crippen LogP contribution is -2.60. The van der Waals surface area contributed by atoms with Crippen molar-refractivity contribution in [1.29, 1.82) is 0 Å². The van der Waals surface area contributed by atoms with Crippen LogP contribution in [0.1, 0.15) is 27.2 Å². The number of carbonyl (C=O) groups is 4. The number of thioether (sulfide) groups is 1. The lowest BCUT2D eigenvalue weighted by atomic mass is 10.0. The molecule has 168 valence electrons. The van der Waals surface area contributed by atoms with Crippen LogP contribution in [-0.4, -0.2) is 81.9 Å². The molecule has 0 aliphatic heterocycles. The average Bonchev–Trinajstić information content (AvgIpc) is 2.65. The van der Waals surface area contributed by atoms with E-state index in [-0.39, 0.29) is 18.1 Å². The minimum atomic E-state index is -1.41. The third kappa shape index (κ3) is 9.70. The van der Waals surface area contributed by atoms with E-state index >= 15 is 0 Å². The van der Waals surface area contributed by atoms with Crippen LogP contribution in [0, 0.1) is 5.92 Å². The Hall–Kier alpha value is -1.50. The number of hydrogen-bond donors (Lipinski definition) is 7. The number of nitrogens with one attached hydrogen (secondary N) is 3. The minimum Gasteiger partial charge on any atom is -0.480 e. The first-order valence-corrected chi connectivity index (χ1v) is 11.2. The van der Waals surface area contributed by atoms with Gasteiger partial charge in [0.05, 0.1) is 12.1 Å². The number of aliphatic carboxylic acids is 1. The van der Waals surface area contributed by atoms with Gasteiger partial charge in [-0.1, -0.05) is 13.8 Å². The fraction of sp³-hybridized carbons (Fsp3) is 0.765. The number of carboxylic acids is 1. The van der Waals surface area contributed by atoms with Gasteiger partial charge in [-0.3, -0.25) is 14.4 Å². The number of nitrogens with two attached hydrogens (primary N) is 1. The predicted molar refractivity (Wildman–Crippen MR) is 115 cm³/mol. The quantitative estimate of drug-likeness (QED) is 0.167. The summed E-state index contributed by atoms with van der Waals surface area (Å²) in [5.41, 5.74) is 5.82. The first kappa shape index (κ1) is 27.5. The van der Waals surface area contributed by atoms with E-state index < -0.39 is 54.0 Å². The van der Waals surface area contributed by atoms with Crippen LogP contribution in [0.25, 0.3) is 0 Å². The highest BCUT2D eigenvalue weighted by molar-refractivity contribution is 7.98. The molecule has 0 aliphatic rings. The number of carbonyl (C=O) groups excluding carboxylic acids is 3. The number of hydrogen-bond acceptors (Lipinski definition) is 8. The van der Waals surface area contributed by atoms with Gasteiger partial charge >= 0.3 is 5.97 Å². The molecular formula is C17H32N4O6S2. The van der Waals surface area contributed by atoms with E-state index in [2.05, 4.69) is 28.6 Å². The highest BCUT2D eigenvalue weighted by Gasteiger charge is 2.32. The summed E-state index contributed by atoms with van der Waals surface area (Å²) in [5.74, 6) is -3.09. The molecule has 0 saturated heterocycles. The Morgan fingerprint density at radius 3 is 1.97 bits per heavy atom. The molecule has 10 nitrogen and oxygen atoms in total. The molecule has 0 aliphatic carbocycles. The van der Waals surface area contributed by atoms with Crippen LogP contribution < -0.4 is 21.7 Å². The second kappa shape index (κ2) is 13.7. The van der Waals surface area contributed by atoms with Crippen molar-refractivity contribution >= 4 is 48.1 Å². The predicted octanol–water partition coefficient (Wildman–Crippen LogP) is -1.43. The van der Waals surface area contributed by atoms with E-state index in [1.807, 2.05) is 6.26 Å². The zero-order valence-electron chi connectivity index (χ0n) is 17.0. The van der Waals surface area contributed by atoms with Crippen LogP contribution in [-0.2, 0) is 19.2 Å². The van der Waals surface area contributed by atoms with Crippen molar-refractivity contribution in [2.45, 2.75) is 57.5 Å². The first-order valence-electron chi connectivity index (χ1n) is 9.13. The van der Waals surface area contributed by atoms with Gasteiger partial charge in [-0.15, -0.1) is 0 Å². The van der Waals surface area contributed by atoms with Crippen LogP contribution in [0.3, 0.4) is 0 Å². The van der Waals surface area contributed by atoms with Crippen molar-refractivity contribution in [1.82, 2.24) is 16.0 Å². The summed E-state index contributed by atoms with van der Waals surface area (Å²) in [4.78, 5) is 48.4. The van der Waals surface area contributed by atoms with Crippen molar-refractivity contribution in [3.05, 3.63) is 0 Å². The maximum Gasteiger partial charge on any atom is 0.327 e. The average molecular weight is 453 g/mol. The molecule has 5 unspecified atom stereocenters. The van der Waals surface area contributed by atoms with Gasteiger partial charge in [-0.2, -0.15) is 24.4 Å². The van der Waals surface area contributed by atoms with Crippen LogP contribution in [0.2, 0.25) is 0 Å². The number of thiol groups is 1. The lowest BCUT2D eigenvalue weighted by Gasteiger charge is -2.26. The molecule has 0 radical (unpaired) electrons. The van der Waals surface area contributed by atoms with Crippen molar-refractivity contribution in [2.75, 3.05) is 17.8 Å². The monoisotopic (exact) mass is 452 g/mol. The molecule has 0 aromatic heterocycles. The number of aliphatic hydroxyl groups excluding tert-OH is 1. The first-order chi connectivity index (χ1) is 13.5. The van der Waals surface area contributed by atoms with Crippen LogP contribution in [0.4, 0.5) is 0 Å². The van der Waals surface area contributed by atoms with Crippen molar-refractivity contribution in [2.24, 2.45) is 11.7 Å². The topological polar surface area (TPSA) is 171 Å². The largest absolute Gasteiger partial charge is 0.480 e. The fourth-order valence-electron chi connectivity index (χ4n) is 2.18. The van der Waals surface area contributed by atoms with Gasteiger partial charge in [0.1, 0.15) is 18.1 Å². The summed E-state index contributed by atoms with van der Waals surface area (Å²) in [6.07, 6.45) is 0.821. The van der Waals surface area contributed by atoms with Crippen molar-refractivity contribution < 1.29 is 29.4 Å². The molecule has 0 aromatic rings. The fourth-order valence-corrected chi connectivity index (χ4v) is 2.90. The van der Waals surface area contributed by atoms with Crippen molar-refractivity contribution in [3.63, 3.8) is 0 Å². The van der Waals surface area contributed by atoms with Gasteiger partial charge in [0, 0.05) is 5.75 Å². The summed E-state index contributed by atoms with van der Waals surface area (Å²) < 4.78 is 0. The number of amides is 3. The molecule has 0 aromatic carbocycles. The molecule has 0 spiro atoms. The molecule has 0 bridgehead atoms. The Morgan fingerprint density at radius 2 is 1.55 bits per heavy atom. The highest BCUT2D eigenvalue weighted by Crippen LogP contribution is 2.06. The molecule has 5 atom stereocenters. The van der Waals surface area contributed by atoms with Crippen LogP contribution in [0.15, 0.2) is 0 Å².